The first-order valence-electron chi connectivity index (χ1n) is 4.72. The van der Waals surface area contributed by atoms with Crippen LogP contribution in [0.5, 0.6) is 0 Å². The van der Waals surface area contributed by atoms with Crippen molar-refractivity contribution in [2.45, 2.75) is 26.1 Å². The zero-order valence-electron chi connectivity index (χ0n) is 9.48. The SMILES string of the molecule is CCN(CC)C(C)S(=O)(=O)NC(=O)OC. The molecule has 0 aliphatic heterocycles. The Morgan fingerprint density at radius 3 is 2.20 bits per heavy atom. The molecule has 1 amide bonds. The number of carbonyl (C=O) groups excluding carboxylic acids is 1. The van der Waals surface area contributed by atoms with E-state index in [2.05, 4.69) is 4.74 Å². The van der Waals surface area contributed by atoms with E-state index >= 15 is 0 Å². The molecule has 0 saturated heterocycles. The van der Waals surface area contributed by atoms with Crippen LogP contribution in [0.3, 0.4) is 0 Å². The molecule has 7 heteroatoms. The van der Waals surface area contributed by atoms with Gasteiger partial charge in [-0.05, 0) is 20.0 Å². The number of ether oxygens (including phenoxy) is 1. The highest BCUT2D eigenvalue weighted by molar-refractivity contribution is 7.90. The fourth-order valence-electron chi connectivity index (χ4n) is 1.18. The fourth-order valence-corrected chi connectivity index (χ4v) is 2.35. The summed E-state index contributed by atoms with van der Waals surface area (Å²) in [5, 5.41) is -0.758. The first-order valence-corrected chi connectivity index (χ1v) is 6.27. The maximum absolute atomic E-state index is 11.6. The van der Waals surface area contributed by atoms with Crippen LogP contribution in [0.15, 0.2) is 0 Å². The molecule has 0 fully saturated rings. The largest absolute Gasteiger partial charge is 0.452 e. The zero-order chi connectivity index (χ0) is 12.1. The molecule has 0 heterocycles. The number of amides is 1. The molecule has 1 N–H and O–H groups in total. The Hall–Kier alpha value is -0.820. The second-order valence-corrected chi connectivity index (χ2v) is 4.94. The number of carbonyl (C=O) groups is 1. The summed E-state index contributed by atoms with van der Waals surface area (Å²) in [5.41, 5.74) is 0. The molecule has 1 atom stereocenters. The third-order valence-corrected chi connectivity index (χ3v) is 3.83. The maximum Gasteiger partial charge on any atom is 0.420 e. The van der Waals surface area contributed by atoms with Crippen LogP contribution >= 0.6 is 0 Å². The molecule has 0 radical (unpaired) electrons. The maximum atomic E-state index is 11.6. The zero-order valence-corrected chi connectivity index (χ0v) is 10.3. The minimum Gasteiger partial charge on any atom is -0.452 e. The normalized spacial score (nSPS) is 13.7. The highest BCUT2D eigenvalue weighted by Crippen LogP contribution is 2.05. The van der Waals surface area contributed by atoms with Gasteiger partial charge in [0.25, 0.3) is 10.0 Å². The number of hydrogen-bond donors (Lipinski definition) is 1. The van der Waals surface area contributed by atoms with Crippen molar-refractivity contribution in [3.8, 4) is 0 Å². The lowest BCUT2D eigenvalue weighted by molar-refractivity contribution is 0.177. The average molecular weight is 238 g/mol. The second kappa shape index (κ2) is 5.92. The van der Waals surface area contributed by atoms with Crippen LogP contribution in [-0.2, 0) is 14.8 Å². The van der Waals surface area contributed by atoms with E-state index in [1.54, 1.807) is 4.90 Å². The highest BCUT2D eigenvalue weighted by atomic mass is 32.2. The molecule has 6 nitrogen and oxygen atoms in total. The molecular formula is C8H18N2O4S. The predicted octanol–water partition coefficient (Wildman–Crippen LogP) is 0.360. The van der Waals surface area contributed by atoms with E-state index in [0.717, 1.165) is 7.11 Å². The Morgan fingerprint density at radius 1 is 1.40 bits per heavy atom. The van der Waals surface area contributed by atoms with Gasteiger partial charge in [0, 0.05) is 0 Å². The summed E-state index contributed by atoms with van der Waals surface area (Å²) in [6, 6.07) is 0. The van der Waals surface area contributed by atoms with Crippen molar-refractivity contribution in [1.82, 2.24) is 9.62 Å². The number of rotatable bonds is 5. The van der Waals surface area contributed by atoms with Crippen molar-refractivity contribution in [1.29, 1.82) is 0 Å². The highest BCUT2D eigenvalue weighted by Gasteiger charge is 2.27. The first-order chi connectivity index (χ1) is 6.88. The van der Waals surface area contributed by atoms with Crippen LogP contribution in [0.25, 0.3) is 0 Å². The summed E-state index contributed by atoms with van der Waals surface area (Å²) in [6.07, 6.45) is -0.964. The molecule has 0 aromatic heterocycles. The Labute approximate surface area is 90.6 Å². The molecule has 0 aromatic carbocycles. The van der Waals surface area contributed by atoms with Crippen LogP contribution in [0.1, 0.15) is 20.8 Å². The van der Waals surface area contributed by atoms with Gasteiger partial charge in [-0.3, -0.25) is 4.90 Å². The van der Waals surface area contributed by atoms with Crippen molar-refractivity contribution < 1.29 is 17.9 Å². The monoisotopic (exact) mass is 238 g/mol. The lowest BCUT2D eigenvalue weighted by atomic mass is 10.5. The van der Waals surface area contributed by atoms with Gasteiger partial charge in [0.05, 0.1) is 7.11 Å². The van der Waals surface area contributed by atoms with Gasteiger partial charge in [-0.25, -0.2) is 17.9 Å². The van der Waals surface area contributed by atoms with Crippen LogP contribution in [0.4, 0.5) is 4.79 Å². The molecule has 0 aromatic rings. The summed E-state index contributed by atoms with van der Waals surface area (Å²) in [4.78, 5) is 12.5. The number of nitrogens with zero attached hydrogens (tertiary/aromatic N) is 1. The van der Waals surface area contributed by atoms with Gasteiger partial charge in [-0.2, -0.15) is 0 Å². The van der Waals surface area contributed by atoms with E-state index in [1.807, 2.05) is 18.6 Å². The summed E-state index contributed by atoms with van der Waals surface area (Å²) < 4.78 is 29.3. The number of hydrogen-bond acceptors (Lipinski definition) is 5. The second-order valence-electron chi connectivity index (χ2n) is 2.96. The van der Waals surface area contributed by atoms with Gasteiger partial charge in [0.1, 0.15) is 5.37 Å². The summed E-state index contributed by atoms with van der Waals surface area (Å²) in [5.74, 6) is 0. The van der Waals surface area contributed by atoms with Crippen molar-refractivity contribution in [3.05, 3.63) is 0 Å². The third kappa shape index (κ3) is 4.05. The summed E-state index contributed by atoms with van der Waals surface area (Å²) in [6.45, 7) is 6.43. The average Bonchev–Trinajstić information content (AvgIpc) is 2.18. The number of methoxy groups -OCH3 is 1. The van der Waals surface area contributed by atoms with Crippen molar-refractivity contribution in [3.63, 3.8) is 0 Å². The molecule has 0 spiro atoms. The Balaban J connectivity index is 4.65. The van der Waals surface area contributed by atoms with E-state index in [1.165, 1.54) is 6.92 Å². The lowest BCUT2D eigenvalue weighted by Crippen LogP contribution is -2.46. The summed E-state index contributed by atoms with van der Waals surface area (Å²) >= 11 is 0. The van der Waals surface area contributed by atoms with Gasteiger partial charge in [0.15, 0.2) is 0 Å². The Kier molecular flexibility index (Phi) is 5.59. The smallest absolute Gasteiger partial charge is 0.420 e. The molecule has 15 heavy (non-hydrogen) atoms. The minimum atomic E-state index is -3.69. The van der Waals surface area contributed by atoms with Crippen molar-refractivity contribution in [2.75, 3.05) is 20.2 Å². The van der Waals surface area contributed by atoms with Gasteiger partial charge < -0.3 is 4.74 Å². The molecular weight excluding hydrogens is 220 g/mol. The van der Waals surface area contributed by atoms with Crippen molar-refractivity contribution >= 4 is 16.1 Å². The third-order valence-electron chi connectivity index (χ3n) is 2.19. The molecule has 0 bridgehead atoms. The van der Waals surface area contributed by atoms with Gasteiger partial charge in [-0.15, -0.1) is 0 Å². The standard InChI is InChI=1S/C8H18N2O4S/c1-5-10(6-2)7(3)15(12,13)9-8(11)14-4/h7H,5-6H2,1-4H3,(H,9,11). The summed E-state index contributed by atoms with van der Waals surface area (Å²) in [7, 11) is -2.58. The molecule has 90 valence electrons. The Bertz CT molecular complexity index is 298. The van der Waals surface area contributed by atoms with Crippen molar-refractivity contribution in [2.24, 2.45) is 0 Å². The van der Waals surface area contributed by atoms with Crippen LogP contribution in [0.2, 0.25) is 0 Å². The van der Waals surface area contributed by atoms with E-state index in [0.29, 0.717) is 13.1 Å². The van der Waals surface area contributed by atoms with Gasteiger partial charge in [0.2, 0.25) is 0 Å². The molecule has 0 saturated carbocycles. The van der Waals surface area contributed by atoms with E-state index in [-0.39, 0.29) is 0 Å². The predicted molar refractivity (Wildman–Crippen MR) is 56.8 cm³/mol. The molecule has 0 rings (SSSR count). The lowest BCUT2D eigenvalue weighted by Gasteiger charge is -2.25. The molecule has 1 unspecified atom stereocenters. The van der Waals surface area contributed by atoms with Crippen LogP contribution in [-0.4, -0.2) is 45.0 Å². The van der Waals surface area contributed by atoms with Crippen LogP contribution in [0, 0.1) is 0 Å². The topological polar surface area (TPSA) is 75.7 Å². The van der Waals surface area contributed by atoms with E-state index < -0.39 is 21.5 Å². The van der Waals surface area contributed by atoms with Gasteiger partial charge >= 0.3 is 6.09 Å². The minimum absolute atomic E-state index is 0.597. The molecule has 0 aliphatic rings. The quantitative estimate of drug-likeness (QED) is 0.748. The molecule has 0 aliphatic carbocycles. The van der Waals surface area contributed by atoms with E-state index in [4.69, 9.17) is 0 Å². The van der Waals surface area contributed by atoms with Crippen LogP contribution < -0.4 is 4.72 Å². The van der Waals surface area contributed by atoms with Gasteiger partial charge in [-0.1, -0.05) is 13.8 Å². The first kappa shape index (κ1) is 14.2. The number of sulfonamides is 1. The Morgan fingerprint density at radius 2 is 1.87 bits per heavy atom. The fraction of sp³-hybridized carbons (Fsp3) is 0.875. The van der Waals surface area contributed by atoms with E-state index in [9.17, 15) is 13.2 Å². The number of nitrogens with one attached hydrogen (secondary N) is 1.